The van der Waals surface area contributed by atoms with E-state index in [0.717, 1.165) is 50.9 Å². The first-order chi connectivity index (χ1) is 13.7. The van der Waals surface area contributed by atoms with Gasteiger partial charge >= 0.3 is 0 Å². The van der Waals surface area contributed by atoms with Crippen LogP contribution in [0.2, 0.25) is 0 Å². The fraction of sp³-hybridized carbons (Fsp3) is 0.565. The summed E-state index contributed by atoms with van der Waals surface area (Å²) in [5.74, 6) is 1.47. The topological polar surface area (TPSA) is 51.2 Å². The summed E-state index contributed by atoms with van der Waals surface area (Å²) in [6.45, 7) is 1.74. The van der Waals surface area contributed by atoms with E-state index in [4.69, 9.17) is 9.72 Å². The van der Waals surface area contributed by atoms with Crippen molar-refractivity contribution in [1.82, 2.24) is 10.3 Å². The summed E-state index contributed by atoms with van der Waals surface area (Å²) >= 11 is 1.73. The summed E-state index contributed by atoms with van der Waals surface area (Å²) in [5, 5.41) is 5.68. The molecule has 1 N–H and O–H groups in total. The van der Waals surface area contributed by atoms with E-state index < -0.39 is 0 Å². The molecule has 0 aromatic carbocycles. The second-order valence-electron chi connectivity index (χ2n) is 8.42. The predicted octanol–water partition coefficient (Wildman–Crippen LogP) is 5.30. The van der Waals surface area contributed by atoms with Gasteiger partial charge in [-0.05, 0) is 62.2 Å². The Hall–Kier alpha value is -1.43. The van der Waals surface area contributed by atoms with E-state index in [1.54, 1.807) is 18.4 Å². The predicted molar refractivity (Wildman–Crippen MR) is 120 cm³/mol. The van der Waals surface area contributed by atoms with Crippen LogP contribution in [0, 0.1) is 5.41 Å². The van der Waals surface area contributed by atoms with Crippen LogP contribution in [0.3, 0.4) is 0 Å². The SMILES string of the molecule is COc1ccsc1CNCC[C@]1(c2ccccn2)CCC(=O)C2(CCCC2)C1.Cl. The van der Waals surface area contributed by atoms with Gasteiger partial charge in [0.25, 0.3) is 0 Å². The van der Waals surface area contributed by atoms with Crippen LogP contribution in [0.5, 0.6) is 5.75 Å². The Labute approximate surface area is 183 Å². The summed E-state index contributed by atoms with van der Waals surface area (Å²) < 4.78 is 5.42. The average molecular weight is 435 g/mol. The maximum Gasteiger partial charge on any atom is 0.139 e. The maximum atomic E-state index is 12.8. The highest BCUT2D eigenvalue weighted by molar-refractivity contribution is 7.10. The van der Waals surface area contributed by atoms with Crippen LogP contribution in [0.1, 0.15) is 61.9 Å². The molecule has 0 saturated heterocycles. The quantitative estimate of drug-likeness (QED) is 0.600. The molecular weight excluding hydrogens is 404 g/mol. The van der Waals surface area contributed by atoms with Crippen molar-refractivity contribution in [2.75, 3.05) is 13.7 Å². The van der Waals surface area contributed by atoms with E-state index in [1.807, 2.05) is 18.3 Å². The van der Waals surface area contributed by atoms with Crippen molar-refractivity contribution in [2.45, 2.75) is 63.3 Å². The number of carbonyl (C=O) groups excluding carboxylic acids is 1. The van der Waals surface area contributed by atoms with Gasteiger partial charge in [-0.2, -0.15) is 0 Å². The van der Waals surface area contributed by atoms with Crippen LogP contribution in [0.15, 0.2) is 35.8 Å². The lowest BCUT2D eigenvalue weighted by Crippen LogP contribution is -2.45. The molecule has 29 heavy (non-hydrogen) atoms. The minimum absolute atomic E-state index is 0. The lowest BCUT2D eigenvalue weighted by molar-refractivity contribution is -0.133. The monoisotopic (exact) mass is 434 g/mol. The number of nitrogens with one attached hydrogen (secondary N) is 1. The Balaban J connectivity index is 0.00000240. The lowest BCUT2D eigenvalue weighted by Gasteiger charge is -2.45. The van der Waals surface area contributed by atoms with Crippen LogP contribution in [0.25, 0.3) is 0 Å². The zero-order chi connectivity index (χ0) is 19.5. The van der Waals surface area contributed by atoms with Crippen molar-refractivity contribution >= 4 is 29.5 Å². The number of hydrogen-bond acceptors (Lipinski definition) is 5. The minimum atomic E-state index is -0.0905. The van der Waals surface area contributed by atoms with Gasteiger partial charge in [-0.15, -0.1) is 23.7 Å². The van der Waals surface area contributed by atoms with Crippen LogP contribution >= 0.6 is 23.7 Å². The largest absolute Gasteiger partial charge is 0.496 e. The van der Waals surface area contributed by atoms with Crippen molar-refractivity contribution < 1.29 is 9.53 Å². The van der Waals surface area contributed by atoms with Crippen molar-refractivity contribution in [3.05, 3.63) is 46.4 Å². The molecule has 0 radical (unpaired) electrons. The molecule has 2 aliphatic carbocycles. The highest BCUT2D eigenvalue weighted by atomic mass is 35.5. The van der Waals surface area contributed by atoms with Gasteiger partial charge in [0.1, 0.15) is 11.5 Å². The molecule has 4 nitrogen and oxygen atoms in total. The van der Waals surface area contributed by atoms with Crippen molar-refractivity contribution in [3.8, 4) is 5.75 Å². The first kappa shape index (κ1) is 22.3. The Bertz CT molecular complexity index is 804. The van der Waals surface area contributed by atoms with E-state index in [-0.39, 0.29) is 23.2 Å². The number of nitrogens with zero attached hydrogens (tertiary/aromatic N) is 1. The normalized spacial score (nSPS) is 23.1. The van der Waals surface area contributed by atoms with Gasteiger partial charge in [0.05, 0.1) is 12.0 Å². The number of rotatable bonds is 7. The highest BCUT2D eigenvalue weighted by Gasteiger charge is 2.51. The second kappa shape index (κ2) is 9.59. The van der Waals surface area contributed by atoms with Gasteiger partial charge in [0.15, 0.2) is 0 Å². The Kier molecular flexibility index (Phi) is 7.36. The number of ketones is 1. The number of Topliss-reactive ketones (excluding diaryl/α,β-unsaturated/α-hetero) is 1. The van der Waals surface area contributed by atoms with Crippen LogP contribution in [-0.2, 0) is 16.8 Å². The summed E-state index contributed by atoms with van der Waals surface area (Å²) in [6.07, 6.45) is 10.1. The van der Waals surface area contributed by atoms with E-state index >= 15 is 0 Å². The molecule has 1 atom stereocenters. The molecule has 2 aliphatic rings. The summed E-state index contributed by atoms with van der Waals surface area (Å²) in [5.41, 5.74) is 1.09. The second-order valence-corrected chi connectivity index (χ2v) is 9.42. The molecule has 2 heterocycles. The molecule has 0 amide bonds. The van der Waals surface area contributed by atoms with Crippen LogP contribution in [0.4, 0.5) is 0 Å². The third-order valence-electron chi connectivity index (χ3n) is 6.86. The Morgan fingerprint density at radius 2 is 2.03 bits per heavy atom. The molecule has 2 fully saturated rings. The Morgan fingerprint density at radius 3 is 2.76 bits per heavy atom. The molecule has 2 aromatic heterocycles. The van der Waals surface area contributed by atoms with Gasteiger partial charge in [0, 0.05) is 35.7 Å². The van der Waals surface area contributed by atoms with Crippen LogP contribution < -0.4 is 10.1 Å². The standard InChI is InChI=1S/C23H30N2O2S.ClH/c1-27-18-8-15-28-19(18)16-24-14-12-22(20-6-2-5-13-25-20)11-7-21(26)23(17-22)9-3-4-10-23;/h2,5-6,8,13,15,24H,3-4,7,9-12,14,16-17H2,1H3;1H/t22-;/m1./s1. The third-order valence-corrected chi connectivity index (χ3v) is 7.76. The number of carbonyl (C=O) groups is 1. The number of ether oxygens (including phenoxy) is 1. The van der Waals surface area contributed by atoms with Crippen molar-refractivity contribution in [1.29, 1.82) is 0 Å². The zero-order valence-electron chi connectivity index (χ0n) is 17.1. The lowest BCUT2D eigenvalue weighted by atomic mass is 9.58. The average Bonchev–Trinajstić information content (AvgIpc) is 3.39. The summed E-state index contributed by atoms with van der Waals surface area (Å²) in [4.78, 5) is 18.8. The molecule has 4 rings (SSSR count). The molecule has 0 unspecified atom stereocenters. The summed E-state index contributed by atoms with van der Waals surface area (Å²) in [7, 11) is 1.72. The number of thiophene rings is 1. The smallest absolute Gasteiger partial charge is 0.139 e. The molecule has 2 saturated carbocycles. The molecule has 0 aliphatic heterocycles. The molecule has 0 bridgehead atoms. The minimum Gasteiger partial charge on any atom is -0.496 e. The first-order valence-corrected chi connectivity index (χ1v) is 11.3. The molecule has 158 valence electrons. The van der Waals surface area contributed by atoms with Gasteiger partial charge in [0.2, 0.25) is 0 Å². The van der Waals surface area contributed by atoms with E-state index in [9.17, 15) is 4.79 Å². The maximum absolute atomic E-state index is 12.8. The van der Waals surface area contributed by atoms with E-state index in [0.29, 0.717) is 12.2 Å². The molecule has 6 heteroatoms. The zero-order valence-corrected chi connectivity index (χ0v) is 18.7. The number of halogens is 1. The molecule has 2 aromatic rings. The van der Waals surface area contributed by atoms with Gasteiger partial charge in [-0.25, -0.2) is 0 Å². The van der Waals surface area contributed by atoms with E-state index in [1.165, 1.54) is 23.4 Å². The fourth-order valence-electron chi connectivity index (χ4n) is 5.37. The fourth-order valence-corrected chi connectivity index (χ4v) is 6.17. The third kappa shape index (κ3) is 4.52. The van der Waals surface area contributed by atoms with Gasteiger partial charge in [-0.1, -0.05) is 18.9 Å². The van der Waals surface area contributed by atoms with E-state index in [2.05, 4.69) is 22.8 Å². The van der Waals surface area contributed by atoms with Gasteiger partial charge < -0.3 is 10.1 Å². The van der Waals surface area contributed by atoms with Crippen molar-refractivity contribution in [2.24, 2.45) is 5.41 Å². The Morgan fingerprint density at radius 1 is 1.21 bits per heavy atom. The first-order valence-electron chi connectivity index (χ1n) is 10.4. The molecular formula is C23H31ClN2O2S. The van der Waals surface area contributed by atoms with Crippen molar-refractivity contribution in [3.63, 3.8) is 0 Å². The highest BCUT2D eigenvalue weighted by Crippen LogP contribution is 2.54. The van der Waals surface area contributed by atoms with Crippen LogP contribution in [-0.4, -0.2) is 24.4 Å². The number of hydrogen-bond donors (Lipinski definition) is 1. The number of aromatic nitrogens is 1. The van der Waals surface area contributed by atoms with Gasteiger partial charge in [-0.3, -0.25) is 9.78 Å². The summed E-state index contributed by atoms with van der Waals surface area (Å²) in [6, 6.07) is 8.26. The molecule has 1 spiro atoms. The number of pyridine rings is 1. The number of methoxy groups -OCH3 is 1.